The normalized spacial score (nSPS) is 20.9. The van der Waals surface area contributed by atoms with Crippen LogP contribution in [0.5, 0.6) is 0 Å². The number of nitrogens with zero attached hydrogens (tertiary/aromatic N) is 1. The monoisotopic (exact) mass is 1170 g/mol. The second kappa shape index (κ2) is 44.4. The van der Waals surface area contributed by atoms with Crippen LogP contribution in [-0.2, 0) is 47.5 Å². The molecule has 5 unspecified atom stereocenters. The fourth-order valence-electron chi connectivity index (χ4n) is 14.6. The summed E-state index contributed by atoms with van der Waals surface area (Å²) >= 11 is 0. The van der Waals surface area contributed by atoms with Crippen molar-refractivity contribution in [1.29, 1.82) is 0 Å². The minimum Gasteiger partial charge on any atom is -0.466 e. The van der Waals surface area contributed by atoms with Gasteiger partial charge in [-0.05, 0) is 151 Å². The molecule has 0 N–H and O–H groups in total. The van der Waals surface area contributed by atoms with E-state index in [2.05, 4.69) is 46.4 Å². The van der Waals surface area contributed by atoms with E-state index in [4.69, 9.17) is 33.2 Å². The molecule has 0 amide bonds. The Balaban J connectivity index is 1.64. The van der Waals surface area contributed by atoms with Gasteiger partial charge >= 0.3 is 24.1 Å². The molecule has 4 saturated carbocycles. The summed E-state index contributed by atoms with van der Waals surface area (Å²) < 4.78 is 86.0. The van der Waals surface area contributed by atoms with E-state index < -0.39 is 37.1 Å². The zero-order valence-corrected chi connectivity index (χ0v) is 53.5. The second-order valence-corrected chi connectivity index (χ2v) is 25.8. The van der Waals surface area contributed by atoms with Gasteiger partial charge in [0.2, 0.25) is 0 Å². The van der Waals surface area contributed by atoms with Crippen molar-refractivity contribution >= 4 is 17.9 Å². The van der Waals surface area contributed by atoms with Crippen LogP contribution in [0.25, 0.3) is 0 Å². The summed E-state index contributed by atoms with van der Waals surface area (Å²) in [6, 6.07) is 0. The molecule has 0 aromatic heterocycles. The van der Waals surface area contributed by atoms with E-state index in [0.717, 1.165) is 199 Å². The topological polar surface area (TPSA) is 119 Å². The molecule has 5 atom stereocenters. The molecule has 4 fully saturated rings. The lowest BCUT2D eigenvalue weighted by Crippen LogP contribution is -2.57. The number of rotatable bonds is 56. The second-order valence-electron chi connectivity index (χ2n) is 25.8. The third-order valence-corrected chi connectivity index (χ3v) is 18.4. The van der Waals surface area contributed by atoms with Crippen LogP contribution in [0.3, 0.4) is 0 Å². The Bertz CT molecular complexity index is 1580. The van der Waals surface area contributed by atoms with Crippen LogP contribution < -0.4 is 0 Å². The van der Waals surface area contributed by atoms with Crippen molar-refractivity contribution < 1.29 is 60.7 Å². The minimum absolute atomic E-state index is 0.0348. The van der Waals surface area contributed by atoms with Crippen molar-refractivity contribution in [2.75, 3.05) is 65.9 Å². The number of halogens is 3. The zero-order chi connectivity index (χ0) is 59.6. The standard InChI is InChI=1S/C68H124F3NO10/c1-7-13-17-21-25-29-44-78-62(79-45-30-26-22-18-14-8-2)39-38-61(74)77-49-35-41-66-53-58-52-65(55-66,40-34-48-76-60(73)37-33-43-72(11-5)12-6)56-67(54-58,57-66)42-36-50-82-64(75)59(68(69,70)71)51-63(80-46-31-27-23-19-15-9-3)81-47-32-28-24-20-16-10-4/h58-59,62-63H,7-57H2,1-6H3. The molecule has 0 heterocycles. The Morgan fingerprint density at radius 3 is 1.17 bits per heavy atom. The molecule has 4 bridgehead atoms. The Morgan fingerprint density at radius 2 is 0.793 bits per heavy atom. The van der Waals surface area contributed by atoms with Crippen LogP contribution in [0.4, 0.5) is 13.2 Å². The Hall–Kier alpha value is -2.00. The van der Waals surface area contributed by atoms with E-state index in [1.54, 1.807) is 0 Å². The Labute approximate surface area is 499 Å². The molecule has 0 spiro atoms. The van der Waals surface area contributed by atoms with Crippen LogP contribution >= 0.6 is 0 Å². The molecule has 0 radical (unpaired) electrons. The van der Waals surface area contributed by atoms with Gasteiger partial charge in [0.05, 0.1) is 26.2 Å². The van der Waals surface area contributed by atoms with Gasteiger partial charge in [0.15, 0.2) is 18.5 Å². The summed E-state index contributed by atoms with van der Waals surface area (Å²) in [6.07, 6.45) is 32.5. The molecule has 11 nitrogen and oxygen atoms in total. The van der Waals surface area contributed by atoms with Gasteiger partial charge in [-0.2, -0.15) is 13.2 Å². The predicted octanol–water partition coefficient (Wildman–Crippen LogP) is 18.5. The van der Waals surface area contributed by atoms with Gasteiger partial charge in [0, 0.05) is 45.7 Å². The van der Waals surface area contributed by atoms with E-state index >= 15 is 0 Å². The Kier molecular flexibility index (Phi) is 40.2. The highest BCUT2D eigenvalue weighted by Gasteiger charge is 2.62. The lowest BCUT2D eigenvalue weighted by molar-refractivity contribution is -0.222. The van der Waals surface area contributed by atoms with Crippen molar-refractivity contribution in [1.82, 2.24) is 4.90 Å². The largest absolute Gasteiger partial charge is 0.466 e. The maximum absolute atomic E-state index is 14.8. The van der Waals surface area contributed by atoms with Gasteiger partial charge in [-0.3, -0.25) is 14.4 Å². The molecule has 0 saturated heterocycles. The molecule has 0 aromatic rings. The summed E-state index contributed by atoms with van der Waals surface area (Å²) in [5, 5.41) is 0. The maximum atomic E-state index is 14.8. The van der Waals surface area contributed by atoms with E-state index in [0.29, 0.717) is 51.6 Å². The summed E-state index contributed by atoms with van der Waals surface area (Å²) in [7, 11) is 0. The Morgan fingerprint density at radius 1 is 0.439 bits per heavy atom. The molecule has 82 heavy (non-hydrogen) atoms. The van der Waals surface area contributed by atoms with Crippen LogP contribution in [0.2, 0.25) is 0 Å². The van der Waals surface area contributed by atoms with E-state index in [-0.39, 0.29) is 54.4 Å². The summed E-state index contributed by atoms with van der Waals surface area (Å²) in [5.41, 5.74) is 0.0706. The first-order valence-corrected chi connectivity index (χ1v) is 34.4. The molecule has 4 aliphatic rings. The molecular weight excluding hydrogens is 1050 g/mol. The van der Waals surface area contributed by atoms with Crippen LogP contribution in [0, 0.1) is 28.1 Å². The SMILES string of the molecule is CCCCCCCCOC(CCC(=O)OCCCC12CC3CC(CCCOC(=O)CCCN(CC)CC)(C1)CC(CCCOC(=O)C(CC(OCCCCCCCC)OCCCCCCCC)C(F)(F)F)(C3)C2)OCCCCCCCC. The highest BCUT2D eigenvalue weighted by molar-refractivity contribution is 5.73. The zero-order valence-electron chi connectivity index (χ0n) is 53.5. The number of unbranched alkanes of at least 4 members (excludes halogenated alkanes) is 20. The van der Waals surface area contributed by atoms with E-state index in [1.807, 2.05) is 0 Å². The number of ether oxygens (including phenoxy) is 7. The number of hydrogen-bond acceptors (Lipinski definition) is 11. The lowest BCUT2D eigenvalue weighted by Gasteiger charge is -2.67. The van der Waals surface area contributed by atoms with Crippen molar-refractivity contribution in [2.24, 2.45) is 28.1 Å². The van der Waals surface area contributed by atoms with Crippen LogP contribution in [0.1, 0.15) is 305 Å². The number of hydrogen-bond donors (Lipinski definition) is 0. The molecule has 0 aromatic carbocycles. The first kappa shape index (κ1) is 74.3. The molecular formula is C68H124F3NO10. The summed E-state index contributed by atoms with van der Waals surface area (Å²) in [5.74, 6) is -3.45. The van der Waals surface area contributed by atoms with Crippen LogP contribution in [-0.4, -0.2) is 107 Å². The van der Waals surface area contributed by atoms with Gasteiger partial charge < -0.3 is 38.1 Å². The average Bonchev–Trinajstić information content (AvgIpc) is 3.53. The van der Waals surface area contributed by atoms with Crippen molar-refractivity contribution in [3.05, 3.63) is 0 Å². The first-order chi connectivity index (χ1) is 39.7. The maximum Gasteiger partial charge on any atom is 0.402 e. The molecule has 482 valence electrons. The van der Waals surface area contributed by atoms with Gasteiger partial charge in [0.1, 0.15) is 0 Å². The third-order valence-electron chi connectivity index (χ3n) is 18.4. The number of carbonyl (C=O) groups excluding carboxylic acids is 3. The quantitative estimate of drug-likeness (QED) is 0.0251. The molecule has 0 aliphatic heterocycles. The number of alkyl halides is 3. The van der Waals surface area contributed by atoms with Gasteiger partial charge in [-0.15, -0.1) is 0 Å². The van der Waals surface area contributed by atoms with Gasteiger partial charge in [-0.1, -0.05) is 170 Å². The third kappa shape index (κ3) is 32.1. The van der Waals surface area contributed by atoms with E-state index in [1.165, 1.54) is 51.4 Å². The number of carbonyl (C=O) groups is 3. The molecule has 4 aliphatic carbocycles. The van der Waals surface area contributed by atoms with Crippen molar-refractivity contribution in [3.8, 4) is 0 Å². The minimum atomic E-state index is -4.81. The fourth-order valence-corrected chi connectivity index (χ4v) is 14.6. The number of esters is 3. The molecule has 4 rings (SSSR count). The van der Waals surface area contributed by atoms with Crippen molar-refractivity contribution in [2.45, 2.75) is 324 Å². The fraction of sp³-hybridized carbons (Fsp3) is 0.956. The van der Waals surface area contributed by atoms with E-state index in [9.17, 15) is 27.6 Å². The highest BCUT2D eigenvalue weighted by Crippen LogP contribution is 2.73. The highest BCUT2D eigenvalue weighted by atomic mass is 19.4. The smallest absolute Gasteiger partial charge is 0.402 e. The average molecular weight is 1170 g/mol. The lowest BCUT2D eigenvalue weighted by atomic mass is 9.37. The van der Waals surface area contributed by atoms with Gasteiger partial charge in [0.25, 0.3) is 0 Å². The predicted molar refractivity (Wildman–Crippen MR) is 324 cm³/mol. The van der Waals surface area contributed by atoms with Crippen LogP contribution in [0.15, 0.2) is 0 Å². The van der Waals surface area contributed by atoms with Crippen molar-refractivity contribution in [3.63, 3.8) is 0 Å². The van der Waals surface area contributed by atoms with Gasteiger partial charge in [-0.25, -0.2) is 0 Å². The first-order valence-electron chi connectivity index (χ1n) is 34.4. The summed E-state index contributed by atoms with van der Waals surface area (Å²) in [6.45, 7) is 18.4. The molecule has 14 heteroatoms. The summed E-state index contributed by atoms with van der Waals surface area (Å²) in [4.78, 5) is 41.9.